The first-order chi connectivity index (χ1) is 6.43. The molecule has 1 fully saturated rings. The molecule has 1 aliphatic rings. The Labute approximate surface area is 89.5 Å². The van der Waals surface area contributed by atoms with Gasteiger partial charge in [-0.15, -0.1) is 0 Å². The molecule has 0 saturated carbocycles. The van der Waals surface area contributed by atoms with Crippen molar-refractivity contribution in [1.29, 1.82) is 0 Å². The van der Waals surface area contributed by atoms with Gasteiger partial charge in [-0.3, -0.25) is 0 Å². The summed E-state index contributed by atoms with van der Waals surface area (Å²) in [5, 5.41) is 8.59. The molecule has 4 heteroatoms. The van der Waals surface area contributed by atoms with E-state index in [1.54, 1.807) is 0 Å². The number of aliphatic hydroxyl groups excluding tert-OH is 1. The molecule has 1 N–H and O–H groups in total. The monoisotopic (exact) mass is 221 g/mol. The molecule has 1 heterocycles. The normalized spacial score (nSPS) is 19.2. The summed E-state index contributed by atoms with van der Waals surface area (Å²) >= 11 is 4.03. The average molecular weight is 221 g/mol. The predicted octanol–water partition coefficient (Wildman–Crippen LogP) is 1.15. The van der Waals surface area contributed by atoms with E-state index in [2.05, 4.69) is 16.7 Å². The molecule has 1 rings (SSSR count). The van der Waals surface area contributed by atoms with Crippen LogP contribution in [0.4, 0.5) is 0 Å². The second-order valence-corrected chi connectivity index (χ2v) is 5.59. The van der Waals surface area contributed by atoms with E-state index in [-0.39, 0.29) is 0 Å². The van der Waals surface area contributed by atoms with Crippen LogP contribution in [-0.4, -0.2) is 59.3 Å². The third kappa shape index (κ3) is 5.83. The molecule has 0 bridgehead atoms. The minimum atomic E-state index is 0.341. The zero-order valence-electron chi connectivity index (χ0n) is 8.07. The number of hydrogen-bond donors (Lipinski definition) is 1. The van der Waals surface area contributed by atoms with Gasteiger partial charge in [-0.05, 0) is 12.2 Å². The lowest BCUT2D eigenvalue weighted by atomic mass is 10.5. The number of hydrogen-bond acceptors (Lipinski definition) is 4. The minimum Gasteiger partial charge on any atom is -0.396 e. The molecule has 0 amide bonds. The van der Waals surface area contributed by atoms with Crippen LogP contribution in [0.15, 0.2) is 0 Å². The fraction of sp³-hybridized carbons (Fsp3) is 1.00. The van der Waals surface area contributed by atoms with Crippen molar-refractivity contribution in [2.75, 3.05) is 49.3 Å². The van der Waals surface area contributed by atoms with Crippen LogP contribution in [0.25, 0.3) is 0 Å². The molecule has 1 aliphatic heterocycles. The summed E-state index contributed by atoms with van der Waals surface area (Å²) in [4.78, 5) is 2.54. The maximum Gasteiger partial charge on any atom is 0.0438 e. The van der Waals surface area contributed by atoms with Crippen molar-refractivity contribution in [2.24, 2.45) is 0 Å². The topological polar surface area (TPSA) is 23.5 Å². The Hall–Kier alpha value is 0.620. The summed E-state index contributed by atoms with van der Waals surface area (Å²) in [7, 11) is 0. The molecule has 2 nitrogen and oxygen atoms in total. The molecule has 0 aromatic rings. The highest BCUT2D eigenvalue weighted by molar-refractivity contribution is 7.99. The lowest BCUT2D eigenvalue weighted by Crippen LogP contribution is -2.34. The highest BCUT2D eigenvalue weighted by Gasteiger charge is 2.08. The SMILES string of the molecule is OCCCSCCN1CCSCC1. The molecule has 78 valence electrons. The van der Waals surface area contributed by atoms with E-state index in [0.29, 0.717) is 6.61 Å². The van der Waals surface area contributed by atoms with E-state index in [9.17, 15) is 0 Å². The first-order valence-corrected chi connectivity index (χ1v) is 7.23. The molecule has 1 saturated heterocycles. The van der Waals surface area contributed by atoms with Crippen LogP contribution in [0, 0.1) is 0 Å². The molecule has 0 atom stereocenters. The molecule has 13 heavy (non-hydrogen) atoms. The number of thioether (sulfide) groups is 2. The van der Waals surface area contributed by atoms with Gasteiger partial charge in [0.15, 0.2) is 0 Å². The van der Waals surface area contributed by atoms with Gasteiger partial charge in [-0.25, -0.2) is 0 Å². The lowest BCUT2D eigenvalue weighted by molar-refractivity contribution is 0.296. The van der Waals surface area contributed by atoms with Crippen LogP contribution < -0.4 is 0 Å². The quantitative estimate of drug-likeness (QED) is 0.680. The zero-order valence-corrected chi connectivity index (χ0v) is 9.71. The zero-order chi connectivity index (χ0) is 9.36. The fourth-order valence-corrected chi connectivity index (χ4v) is 3.19. The van der Waals surface area contributed by atoms with Crippen molar-refractivity contribution in [3.63, 3.8) is 0 Å². The largest absolute Gasteiger partial charge is 0.396 e. The summed E-state index contributed by atoms with van der Waals surface area (Å²) in [6.07, 6.45) is 0.945. The Bertz CT molecular complexity index is 118. The summed E-state index contributed by atoms with van der Waals surface area (Å²) in [6, 6.07) is 0. The summed E-state index contributed by atoms with van der Waals surface area (Å²) in [5.41, 5.74) is 0. The molecular formula is C9H19NOS2. The Morgan fingerprint density at radius 1 is 1.23 bits per heavy atom. The Morgan fingerprint density at radius 3 is 2.69 bits per heavy atom. The van der Waals surface area contributed by atoms with Gasteiger partial charge in [-0.1, -0.05) is 0 Å². The van der Waals surface area contributed by atoms with Crippen LogP contribution in [0.5, 0.6) is 0 Å². The maximum absolute atomic E-state index is 8.59. The highest BCUT2D eigenvalue weighted by atomic mass is 32.2. The number of rotatable bonds is 6. The third-order valence-electron chi connectivity index (χ3n) is 2.10. The molecule has 0 spiro atoms. The first-order valence-electron chi connectivity index (χ1n) is 4.92. The van der Waals surface area contributed by atoms with Crippen LogP contribution in [0.3, 0.4) is 0 Å². The van der Waals surface area contributed by atoms with Gasteiger partial charge in [0.05, 0.1) is 0 Å². The summed E-state index contributed by atoms with van der Waals surface area (Å²) < 4.78 is 0. The van der Waals surface area contributed by atoms with Gasteiger partial charge in [0.1, 0.15) is 0 Å². The van der Waals surface area contributed by atoms with E-state index in [1.165, 1.54) is 36.9 Å². The molecular weight excluding hydrogens is 202 g/mol. The van der Waals surface area contributed by atoms with Crippen molar-refractivity contribution in [1.82, 2.24) is 4.90 Å². The van der Waals surface area contributed by atoms with Crippen molar-refractivity contribution in [2.45, 2.75) is 6.42 Å². The molecule has 0 aromatic carbocycles. The average Bonchev–Trinajstić information content (AvgIpc) is 2.19. The molecule has 0 unspecified atom stereocenters. The number of aliphatic hydroxyl groups is 1. The van der Waals surface area contributed by atoms with Gasteiger partial charge in [0.2, 0.25) is 0 Å². The van der Waals surface area contributed by atoms with E-state index >= 15 is 0 Å². The highest BCUT2D eigenvalue weighted by Crippen LogP contribution is 2.10. The van der Waals surface area contributed by atoms with Crippen molar-refractivity contribution in [3.8, 4) is 0 Å². The molecule has 0 aliphatic carbocycles. The van der Waals surface area contributed by atoms with Crippen molar-refractivity contribution < 1.29 is 5.11 Å². The summed E-state index contributed by atoms with van der Waals surface area (Å²) in [5.74, 6) is 4.95. The van der Waals surface area contributed by atoms with Gasteiger partial charge in [0, 0.05) is 43.5 Å². The van der Waals surface area contributed by atoms with Crippen LogP contribution >= 0.6 is 23.5 Å². The Balaban J connectivity index is 1.86. The molecule has 0 radical (unpaired) electrons. The van der Waals surface area contributed by atoms with E-state index in [4.69, 9.17) is 5.11 Å². The maximum atomic E-state index is 8.59. The minimum absolute atomic E-state index is 0.341. The van der Waals surface area contributed by atoms with Crippen molar-refractivity contribution >= 4 is 23.5 Å². The second kappa shape index (κ2) is 7.97. The van der Waals surface area contributed by atoms with Crippen molar-refractivity contribution in [3.05, 3.63) is 0 Å². The first kappa shape index (κ1) is 11.7. The van der Waals surface area contributed by atoms with E-state index in [0.717, 1.165) is 12.2 Å². The van der Waals surface area contributed by atoms with E-state index < -0.39 is 0 Å². The van der Waals surface area contributed by atoms with E-state index in [1.807, 2.05) is 11.8 Å². The predicted molar refractivity (Wildman–Crippen MR) is 62.8 cm³/mol. The van der Waals surface area contributed by atoms with Gasteiger partial charge < -0.3 is 10.0 Å². The van der Waals surface area contributed by atoms with Gasteiger partial charge in [0.25, 0.3) is 0 Å². The van der Waals surface area contributed by atoms with Gasteiger partial charge in [-0.2, -0.15) is 23.5 Å². The Morgan fingerprint density at radius 2 is 2.00 bits per heavy atom. The van der Waals surface area contributed by atoms with Crippen LogP contribution in [0.1, 0.15) is 6.42 Å². The summed E-state index contributed by atoms with van der Waals surface area (Å²) in [6.45, 7) is 4.11. The number of nitrogens with zero attached hydrogens (tertiary/aromatic N) is 1. The fourth-order valence-electron chi connectivity index (χ4n) is 1.29. The van der Waals surface area contributed by atoms with Crippen LogP contribution in [0.2, 0.25) is 0 Å². The second-order valence-electron chi connectivity index (χ2n) is 3.14. The smallest absolute Gasteiger partial charge is 0.0438 e. The van der Waals surface area contributed by atoms with Gasteiger partial charge >= 0.3 is 0 Å². The molecule has 0 aromatic heterocycles. The van der Waals surface area contributed by atoms with Crippen LogP contribution in [-0.2, 0) is 0 Å². The lowest BCUT2D eigenvalue weighted by Gasteiger charge is -2.25. The Kier molecular flexibility index (Phi) is 7.17. The third-order valence-corrected chi connectivity index (χ3v) is 4.09. The standard InChI is InChI=1S/C9H19NOS2/c11-5-1-6-12-7-2-10-3-8-13-9-4-10/h11H,1-9H2.